The summed E-state index contributed by atoms with van der Waals surface area (Å²) in [4.78, 5) is 28.4. The van der Waals surface area contributed by atoms with E-state index in [0.717, 1.165) is 16.3 Å². The van der Waals surface area contributed by atoms with Gasteiger partial charge in [0.1, 0.15) is 16.7 Å². The first kappa shape index (κ1) is 22.5. The number of carbonyl (C=O) groups is 2. The Labute approximate surface area is 207 Å². The van der Waals surface area contributed by atoms with Gasteiger partial charge in [-0.3, -0.25) is 14.5 Å². The molecule has 0 saturated carbocycles. The van der Waals surface area contributed by atoms with E-state index in [0.29, 0.717) is 22.8 Å². The summed E-state index contributed by atoms with van der Waals surface area (Å²) >= 11 is 1.26. The number of fused-ring (bicyclic) bond motifs is 1. The minimum Gasteiger partial charge on any atom is -0.321 e. The van der Waals surface area contributed by atoms with E-state index in [1.165, 1.54) is 16.7 Å². The number of anilines is 2. The van der Waals surface area contributed by atoms with Crippen LogP contribution in [0.5, 0.6) is 0 Å². The predicted molar refractivity (Wildman–Crippen MR) is 141 cm³/mol. The average molecular weight is 476 g/mol. The van der Waals surface area contributed by atoms with Crippen LogP contribution in [0.3, 0.4) is 0 Å². The summed E-state index contributed by atoms with van der Waals surface area (Å²) in [6.07, 6.45) is 0.501. The van der Waals surface area contributed by atoms with Crippen molar-refractivity contribution in [1.29, 1.82) is 5.26 Å². The molecule has 2 amide bonds. The van der Waals surface area contributed by atoms with Crippen LogP contribution < -0.4 is 10.2 Å². The minimum atomic E-state index is -0.541. The van der Waals surface area contributed by atoms with Crippen LogP contribution in [0.15, 0.2) is 114 Å². The fraction of sp³-hybridized carbons (Fsp3) is 0.0690. The van der Waals surface area contributed by atoms with E-state index in [2.05, 4.69) is 11.4 Å². The monoisotopic (exact) mass is 475 g/mol. The van der Waals surface area contributed by atoms with Crippen LogP contribution in [0, 0.1) is 11.3 Å². The van der Waals surface area contributed by atoms with Crippen molar-refractivity contribution < 1.29 is 9.59 Å². The molecule has 1 aliphatic heterocycles. The lowest BCUT2D eigenvalue weighted by Gasteiger charge is -2.18. The SMILES string of the molecule is N#C/C(C(=O)Nc1cccc2ccccc12)=C1/S[C@H](Cc2ccccc2)C(=O)N1c1ccccc1. The molecule has 1 fully saturated rings. The van der Waals surface area contributed by atoms with Gasteiger partial charge < -0.3 is 5.32 Å². The predicted octanol–water partition coefficient (Wildman–Crippen LogP) is 5.90. The van der Waals surface area contributed by atoms with E-state index < -0.39 is 11.2 Å². The standard InChI is InChI=1S/C29H21N3O2S/c30-19-24(27(33)31-25-17-9-13-21-12-7-8-16-23(21)25)29-32(22-14-5-2-6-15-22)28(34)26(35-29)18-20-10-3-1-4-11-20/h1-17,26H,18H2,(H,31,33)/b29-24-/t26-/m1/s1. The number of benzene rings is 4. The van der Waals surface area contributed by atoms with Gasteiger partial charge in [0, 0.05) is 16.8 Å². The lowest BCUT2D eigenvalue weighted by molar-refractivity contribution is -0.117. The second kappa shape index (κ2) is 9.88. The summed E-state index contributed by atoms with van der Waals surface area (Å²) in [6, 6.07) is 34.3. The Balaban J connectivity index is 1.53. The van der Waals surface area contributed by atoms with Gasteiger partial charge in [-0.25, -0.2) is 0 Å². The van der Waals surface area contributed by atoms with E-state index in [4.69, 9.17) is 0 Å². The van der Waals surface area contributed by atoms with E-state index in [1.807, 2.05) is 84.9 Å². The molecule has 1 aliphatic rings. The maximum Gasteiger partial charge on any atom is 0.269 e. The fourth-order valence-corrected chi connectivity index (χ4v) is 5.45. The van der Waals surface area contributed by atoms with Gasteiger partial charge in [-0.2, -0.15) is 5.26 Å². The Morgan fingerprint density at radius 2 is 1.54 bits per heavy atom. The summed E-state index contributed by atoms with van der Waals surface area (Å²) in [6.45, 7) is 0. The molecule has 170 valence electrons. The van der Waals surface area contributed by atoms with Gasteiger partial charge in [0.05, 0.1) is 5.25 Å². The molecule has 1 N–H and O–H groups in total. The third-order valence-corrected chi connectivity index (χ3v) is 7.08. The number of amides is 2. The summed E-state index contributed by atoms with van der Waals surface area (Å²) in [5, 5.41) is 14.7. The molecule has 4 aromatic rings. The highest BCUT2D eigenvalue weighted by Crippen LogP contribution is 2.42. The summed E-state index contributed by atoms with van der Waals surface area (Å²) in [5.41, 5.74) is 2.17. The molecule has 5 nitrogen and oxygen atoms in total. The van der Waals surface area contributed by atoms with Crippen molar-refractivity contribution >= 4 is 45.7 Å². The number of para-hydroxylation sites is 1. The van der Waals surface area contributed by atoms with Crippen molar-refractivity contribution in [3.05, 3.63) is 119 Å². The van der Waals surface area contributed by atoms with Crippen molar-refractivity contribution in [2.24, 2.45) is 0 Å². The average Bonchev–Trinajstić information content (AvgIpc) is 3.21. The molecule has 0 spiro atoms. The van der Waals surface area contributed by atoms with E-state index in [9.17, 15) is 14.9 Å². The Morgan fingerprint density at radius 1 is 0.886 bits per heavy atom. The van der Waals surface area contributed by atoms with E-state index in [-0.39, 0.29) is 11.5 Å². The molecule has 5 rings (SSSR count). The van der Waals surface area contributed by atoms with Crippen molar-refractivity contribution in [1.82, 2.24) is 0 Å². The first-order valence-electron chi connectivity index (χ1n) is 11.2. The quantitative estimate of drug-likeness (QED) is 0.288. The van der Waals surface area contributed by atoms with Crippen LogP contribution >= 0.6 is 11.8 Å². The minimum absolute atomic E-state index is 0.0873. The molecular weight excluding hydrogens is 454 g/mol. The first-order valence-corrected chi connectivity index (χ1v) is 12.1. The van der Waals surface area contributed by atoms with Gasteiger partial charge in [0.2, 0.25) is 5.91 Å². The molecule has 0 aliphatic carbocycles. The largest absolute Gasteiger partial charge is 0.321 e. The third kappa shape index (κ3) is 4.54. The lowest BCUT2D eigenvalue weighted by Crippen LogP contribution is -2.30. The molecule has 0 radical (unpaired) electrons. The molecule has 0 unspecified atom stereocenters. The number of nitriles is 1. The molecule has 0 aromatic heterocycles. The molecule has 0 bridgehead atoms. The number of hydrogen-bond acceptors (Lipinski definition) is 4. The molecule has 1 saturated heterocycles. The van der Waals surface area contributed by atoms with Crippen LogP contribution in [-0.2, 0) is 16.0 Å². The number of carbonyl (C=O) groups excluding carboxylic acids is 2. The molecule has 35 heavy (non-hydrogen) atoms. The number of rotatable bonds is 5. The molecule has 6 heteroatoms. The van der Waals surface area contributed by atoms with Gasteiger partial charge >= 0.3 is 0 Å². The smallest absolute Gasteiger partial charge is 0.269 e. The van der Waals surface area contributed by atoms with Crippen LogP contribution in [0.1, 0.15) is 5.56 Å². The normalized spacial score (nSPS) is 16.7. The molecule has 4 aromatic carbocycles. The first-order chi connectivity index (χ1) is 17.2. The molecule has 1 atom stereocenters. The maximum atomic E-state index is 13.5. The summed E-state index contributed by atoms with van der Waals surface area (Å²) in [5.74, 6) is -0.689. The van der Waals surface area contributed by atoms with Crippen molar-refractivity contribution in [2.45, 2.75) is 11.7 Å². The summed E-state index contributed by atoms with van der Waals surface area (Å²) in [7, 11) is 0. The van der Waals surface area contributed by atoms with Crippen LogP contribution in [0.25, 0.3) is 10.8 Å². The fourth-order valence-electron chi connectivity index (χ4n) is 4.15. The van der Waals surface area contributed by atoms with E-state index >= 15 is 0 Å². The van der Waals surface area contributed by atoms with Crippen LogP contribution in [0.4, 0.5) is 11.4 Å². The molecular formula is C29H21N3O2S. The Kier molecular flexibility index (Phi) is 6.34. The van der Waals surface area contributed by atoms with Gasteiger partial charge in [-0.05, 0) is 35.6 Å². The second-order valence-corrected chi connectivity index (χ2v) is 9.27. The highest BCUT2D eigenvalue weighted by molar-refractivity contribution is 8.05. The molecule has 1 heterocycles. The summed E-state index contributed by atoms with van der Waals surface area (Å²) < 4.78 is 0. The van der Waals surface area contributed by atoms with Crippen molar-refractivity contribution in [3.63, 3.8) is 0 Å². The highest BCUT2D eigenvalue weighted by atomic mass is 32.2. The van der Waals surface area contributed by atoms with Crippen molar-refractivity contribution in [2.75, 3.05) is 10.2 Å². The van der Waals surface area contributed by atoms with Gasteiger partial charge in [-0.1, -0.05) is 96.7 Å². The Morgan fingerprint density at radius 3 is 2.29 bits per heavy atom. The van der Waals surface area contributed by atoms with Gasteiger partial charge in [0.25, 0.3) is 5.91 Å². The zero-order valence-corrected chi connectivity index (χ0v) is 19.5. The Bertz CT molecular complexity index is 1470. The highest BCUT2D eigenvalue weighted by Gasteiger charge is 2.40. The van der Waals surface area contributed by atoms with Gasteiger partial charge in [-0.15, -0.1) is 0 Å². The van der Waals surface area contributed by atoms with Gasteiger partial charge in [0.15, 0.2) is 0 Å². The van der Waals surface area contributed by atoms with Crippen LogP contribution in [-0.4, -0.2) is 17.1 Å². The zero-order valence-electron chi connectivity index (χ0n) is 18.7. The number of hydrogen-bond donors (Lipinski definition) is 1. The lowest BCUT2D eigenvalue weighted by atomic mass is 10.1. The Hall–Kier alpha value is -4.34. The number of nitrogens with zero attached hydrogens (tertiary/aromatic N) is 2. The maximum absolute atomic E-state index is 13.5. The number of thioether (sulfide) groups is 1. The zero-order chi connectivity index (χ0) is 24.2. The van der Waals surface area contributed by atoms with E-state index in [1.54, 1.807) is 18.2 Å². The third-order valence-electron chi connectivity index (χ3n) is 5.82. The topological polar surface area (TPSA) is 73.2 Å². The second-order valence-electron chi connectivity index (χ2n) is 8.08. The van der Waals surface area contributed by atoms with Crippen molar-refractivity contribution in [3.8, 4) is 6.07 Å². The van der Waals surface area contributed by atoms with Crippen LogP contribution in [0.2, 0.25) is 0 Å². The number of nitrogens with one attached hydrogen (secondary N) is 1.